The fourth-order valence-electron chi connectivity index (χ4n) is 1.45. The van der Waals surface area contributed by atoms with E-state index in [-0.39, 0.29) is 11.5 Å². The topological polar surface area (TPSA) is 89.3 Å². The van der Waals surface area contributed by atoms with Gasteiger partial charge in [-0.05, 0) is 12.6 Å². The van der Waals surface area contributed by atoms with Crippen molar-refractivity contribution >= 4 is 15.7 Å². The molecule has 0 aliphatic carbocycles. The first kappa shape index (κ1) is 13.7. The van der Waals surface area contributed by atoms with E-state index in [1.165, 1.54) is 7.05 Å². The summed E-state index contributed by atoms with van der Waals surface area (Å²) in [6.45, 7) is 0. The number of benzene rings is 1. The smallest absolute Gasteiger partial charge is 0.235 e. The quantitative estimate of drug-likeness (QED) is 0.729. The van der Waals surface area contributed by atoms with Gasteiger partial charge in [-0.1, -0.05) is 30.3 Å². The third-order valence-electron chi connectivity index (χ3n) is 2.34. The lowest BCUT2D eigenvalue weighted by molar-refractivity contribution is -0.119. The van der Waals surface area contributed by atoms with Gasteiger partial charge in [0.2, 0.25) is 5.91 Å². The zero-order valence-electron chi connectivity index (χ0n) is 9.59. The molecule has 0 spiro atoms. The van der Waals surface area contributed by atoms with Gasteiger partial charge in [0.1, 0.15) is 6.04 Å². The molecule has 0 saturated carbocycles. The molecule has 1 atom stereocenters. The summed E-state index contributed by atoms with van der Waals surface area (Å²) in [6, 6.07) is 7.98. The summed E-state index contributed by atoms with van der Waals surface area (Å²) in [6.07, 6.45) is 0. The molecule has 0 aliphatic heterocycles. The highest BCUT2D eigenvalue weighted by atomic mass is 32.2. The zero-order chi connectivity index (χ0) is 12.9. The van der Waals surface area contributed by atoms with Crippen molar-refractivity contribution < 1.29 is 13.2 Å². The van der Waals surface area contributed by atoms with Gasteiger partial charge in [0.25, 0.3) is 0 Å². The number of primary amides is 1. The summed E-state index contributed by atoms with van der Waals surface area (Å²) in [5, 5.41) is 2.59. The Balaban J connectivity index is 2.73. The number of nitrogens with one attached hydrogen (secondary N) is 1. The van der Waals surface area contributed by atoms with E-state index < -0.39 is 21.8 Å². The van der Waals surface area contributed by atoms with Gasteiger partial charge in [0.05, 0.1) is 11.5 Å². The number of amides is 1. The third kappa shape index (κ3) is 4.54. The van der Waals surface area contributed by atoms with Crippen LogP contribution in [-0.4, -0.2) is 33.2 Å². The third-order valence-corrected chi connectivity index (χ3v) is 3.96. The molecule has 1 amide bonds. The molecule has 3 N–H and O–H groups in total. The molecule has 0 aromatic heterocycles. The number of hydrogen-bond acceptors (Lipinski definition) is 4. The van der Waals surface area contributed by atoms with Crippen molar-refractivity contribution in [2.24, 2.45) is 5.73 Å². The highest BCUT2D eigenvalue weighted by Gasteiger charge is 2.22. The van der Waals surface area contributed by atoms with Crippen molar-refractivity contribution in [2.75, 3.05) is 12.8 Å². The van der Waals surface area contributed by atoms with E-state index in [9.17, 15) is 13.2 Å². The highest BCUT2D eigenvalue weighted by molar-refractivity contribution is 7.90. The van der Waals surface area contributed by atoms with Crippen molar-refractivity contribution in [3.63, 3.8) is 0 Å². The molecule has 1 rings (SSSR count). The summed E-state index contributed by atoms with van der Waals surface area (Å²) in [5.74, 6) is -1.03. The number of carbonyl (C=O) groups excluding carboxylic acids is 1. The molecule has 17 heavy (non-hydrogen) atoms. The molecule has 5 nitrogen and oxygen atoms in total. The molecule has 0 fully saturated rings. The number of likely N-dealkylation sites (N-methyl/N-ethyl adjacent to an activating group) is 1. The molecule has 1 aromatic carbocycles. The van der Waals surface area contributed by atoms with Gasteiger partial charge in [0.15, 0.2) is 9.84 Å². The second-order valence-corrected chi connectivity index (χ2v) is 5.89. The van der Waals surface area contributed by atoms with Gasteiger partial charge in [-0.2, -0.15) is 0 Å². The van der Waals surface area contributed by atoms with Crippen LogP contribution in [0, 0.1) is 0 Å². The predicted octanol–water partition coefficient (Wildman–Crippen LogP) is -0.325. The normalized spacial score (nSPS) is 13.2. The lowest BCUT2D eigenvalue weighted by Gasteiger charge is -2.12. The van der Waals surface area contributed by atoms with Crippen LogP contribution in [0.3, 0.4) is 0 Å². The molecule has 0 bridgehead atoms. The Morgan fingerprint density at radius 2 is 1.94 bits per heavy atom. The van der Waals surface area contributed by atoms with Crippen LogP contribution in [0.15, 0.2) is 30.3 Å². The Bertz CT molecular complexity index is 471. The number of hydrogen-bond donors (Lipinski definition) is 2. The summed E-state index contributed by atoms with van der Waals surface area (Å²) in [7, 11) is -1.85. The number of nitrogens with two attached hydrogens (primary N) is 1. The Morgan fingerprint density at radius 3 is 2.41 bits per heavy atom. The fraction of sp³-hybridized carbons (Fsp3) is 0.364. The van der Waals surface area contributed by atoms with E-state index in [0.717, 1.165) is 0 Å². The van der Waals surface area contributed by atoms with Crippen LogP contribution in [0.25, 0.3) is 0 Å². The van der Waals surface area contributed by atoms with Crippen LogP contribution in [0.4, 0.5) is 0 Å². The molecule has 1 unspecified atom stereocenters. The van der Waals surface area contributed by atoms with Crippen LogP contribution in [0.1, 0.15) is 5.56 Å². The SMILES string of the molecule is CNC(CS(=O)(=O)Cc1ccccc1)C(N)=O. The van der Waals surface area contributed by atoms with Crippen LogP contribution in [0.2, 0.25) is 0 Å². The molecule has 0 heterocycles. The maximum absolute atomic E-state index is 11.8. The second-order valence-electron chi connectivity index (χ2n) is 3.78. The minimum atomic E-state index is -3.35. The van der Waals surface area contributed by atoms with E-state index in [1.54, 1.807) is 24.3 Å². The van der Waals surface area contributed by atoms with E-state index in [1.807, 2.05) is 6.07 Å². The van der Waals surface area contributed by atoms with Gasteiger partial charge < -0.3 is 11.1 Å². The largest absolute Gasteiger partial charge is 0.368 e. The van der Waals surface area contributed by atoms with Crippen LogP contribution in [-0.2, 0) is 20.4 Å². The van der Waals surface area contributed by atoms with Gasteiger partial charge >= 0.3 is 0 Å². The van der Waals surface area contributed by atoms with E-state index in [4.69, 9.17) is 5.73 Å². The van der Waals surface area contributed by atoms with Crippen LogP contribution < -0.4 is 11.1 Å². The van der Waals surface area contributed by atoms with Crippen molar-refractivity contribution in [3.05, 3.63) is 35.9 Å². The highest BCUT2D eigenvalue weighted by Crippen LogP contribution is 2.07. The predicted molar refractivity (Wildman–Crippen MR) is 66.0 cm³/mol. The van der Waals surface area contributed by atoms with Crippen molar-refractivity contribution in [1.82, 2.24) is 5.32 Å². The molecule has 6 heteroatoms. The summed E-state index contributed by atoms with van der Waals surface area (Å²) >= 11 is 0. The van der Waals surface area contributed by atoms with E-state index in [2.05, 4.69) is 5.32 Å². The Kier molecular flexibility index (Phi) is 4.65. The standard InChI is InChI=1S/C11H16N2O3S/c1-13-10(11(12)14)8-17(15,16)7-9-5-3-2-4-6-9/h2-6,10,13H,7-8H2,1H3,(H2,12,14). The van der Waals surface area contributed by atoms with Gasteiger partial charge in [-0.25, -0.2) is 8.42 Å². The molecular weight excluding hydrogens is 240 g/mol. The van der Waals surface area contributed by atoms with Crippen LogP contribution >= 0.6 is 0 Å². The number of rotatable bonds is 6. The van der Waals surface area contributed by atoms with Gasteiger partial charge in [-0.3, -0.25) is 4.79 Å². The van der Waals surface area contributed by atoms with Crippen LogP contribution in [0.5, 0.6) is 0 Å². The molecule has 94 valence electrons. The summed E-state index contributed by atoms with van der Waals surface area (Å²) in [5.41, 5.74) is 5.78. The van der Waals surface area contributed by atoms with Crippen molar-refractivity contribution in [3.8, 4) is 0 Å². The van der Waals surface area contributed by atoms with Crippen molar-refractivity contribution in [1.29, 1.82) is 0 Å². The maximum Gasteiger partial charge on any atom is 0.235 e. The van der Waals surface area contributed by atoms with Gasteiger partial charge in [0, 0.05) is 0 Å². The Labute approximate surface area is 101 Å². The first-order valence-electron chi connectivity index (χ1n) is 5.15. The average Bonchev–Trinajstić information content (AvgIpc) is 2.26. The van der Waals surface area contributed by atoms with E-state index >= 15 is 0 Å². The Morgan fingerprint density at radius 1 is 1.35 bits per heavy atom. The zero-order valence-corrected chi connectivity index (χ0v) is 10.4. The van der Waals surface area contributed by atoms with E-state index in [0.29, 0.717) is 5.56 Å². The summed E-state index contributed by atoms with van der Waals surface area (Å²) < 4.78 is 23.7. The Hall–Kier alpha value is -1.40. The first-order valence-corrected chi connectivity index (χ1v) is 6.97. The van der Waals surface area contributed by atoms with Gasteiger partial charge in [-0.15, -0.1) is 0 Å². The minimum absolute atomic E-state index is 0.0840. The number of carbonyl (C=O) groups is 1. The lowest BCUT2D eigenvalue weighted by atomic mass is 10.2. The minimum Gasteiger partial charge on any atom is -0.368 e. The monoisotopic (exact) mass is 256 g/mol. The first-order chi connectivity index (χ1) is 7.94. The van der Waals surface area contributed by atoms with Crippen molar-refractivity contribution in [2.45, 2.75) is 11.8 Å². The lowest BCUT2D eigenvalue weighted by Crippen LogP contribution is -2.44. The molecule has 0 aliphatic rings. The summed E-state index contributed by atoms with van der Waals surface area (Å²) in [4.78, 5) is 11.0. The molecule has 1 aromatic rings. The second kappa shape index (κ2) is 5.79. The molecular formula is C11H16N2O3S. The number of sulfone groups is 1. The average molecular weight is 256 g/mol. The molecule has 0 radical (unpaired) electrons. The fourth-order valence-corrected chi connectivity index (χ4v) is 3.11. The molecule has 0 saturated heterocycles. The maximum atomic E-state index is 11.8.